The van der Waals surface area contributed by atoms with Crippen molar-refractivity contribution in [3.8, 4) is 0 Å². The molecule has 2 N–H and O–H groups in total. The fraction of sp³-hybridized carbons (Fsp3) is 0.211. The summed E-state index contributed by atoms with van der Waals surface area (Å²) in [6, 6.07) is 10.5. The van der Waals surface area contributed by atoms with E-state index >= 15 is 0 Å². The van der Waals surface area contributed by atoms with Crippen molar-refractivity contribution in [1.29, 1.82) is 0 Å². The largest absolute Gasteiger partial charge is 0.325 e. The number of nitro benzene ring substituents is 1. The van der Waals surface area contributed by atoms with E-state index in [0.29, 0.717) is 11.1 Å². The van der Waals surface area contributed by atoms with Crippen LogP contribution in [0.5, 0.6) is 0 Å². The number of nitrogens with zero attached hydrogens (tertiary/aromatic N) is 2. The number of carbonyl (C=O) groups excluding carboxylic acids is 3. The quantitative estimate of drug-likeness (QED) is 0.403. The zero-order valence-corrected chi connectivity index (χ0v) is 17.1. The molecule has 1 fully saturated rings. The van der Waals surface area contributed by atoms with Crippen molar-refractivity contribution in [3.05, 3.63) is 68.2 Å². The van der Waals surface area contributed by atoms with Crippen LogP contribution in [-0.2, 0) is 15.1 Å². The smallest absolute Gasteiger partial charge is 0.324 e. The first-order valence-corrected chi connectivity index (χ1v) is 9.36. The van der Waals surface area contributed by atoms with E-state index in [-0.39, 0.29) is 11.4 Å². The van der Waals surface area contributed by atoms with E-state index in [1.54, 1.807) is 38.1 Å². The Hall–Kier alpha value is -3.27. The molecule has 150 valence electrons. The molecule has 0 saturated carbocycles. The summed E-state index contributed by atoms with van der Waals surface area (Å²) in [5, 5.41) is 16.1. The Balaban J connectivity index is 1.76. The summed E-state index contributed by atoms with van der Waals surface area (Å²) in [5.41, 5.74) is -0.215. The first-order chi connectivity index (χ1) is 13.6. The molecule has 1 saturated heterocycles. The first-order valence-electron chi connectivity index (χ1n) is 8.57. The number of nitro groups is 1. The van der Waals surface area contributed by atoms with Gasteiger partial charge in [0.2, 0.25) is 5.91 Å². The van der Waals surface area contributed by atoms with Crippen LogP contribution < -0.4 is 10.6 Å². The van der Waals surface area contributed by atoms with E-state index in [9.17, 15) is 24.5 Å². The van der Waals surface area contributed by atoms with Gasteiger partial charge in [0.1, 0.15) is 12.1 Å². The molecule has 10 heteroatoms. The van der Waals surface area contributed by atoms with Gasteiger partial charge in [0.15, 0.2) is 0 Å². The van der Waals surface area contributed by atoms with Gasteiger partial charge in [-0.25, -0.2) is 4.79 Å². The van der Waals surface area contributed by atoms with Crippen LogP contribution >= 0.6 is 15.9 Å². The molecule has 3 rings (SSSR count). The minimum absolute atomic E-state index is 0.139. The molecule has 0 radical (unpaired) electrons. The SMILES string of the molecule is Cc1ccc(NC(=O)CN2C(=O)NC(C)(c3cccc(Br)c3)C2=O)cc1[N+](=O)[O-]. The third kappa shape index (κ3) is 3.97. The van der Waals surface area contributed by atoms with Gasteiger partial charge in [-0.2, -0.15) is 0 Å². The summed E-state index contributed by atoms with van der Waals surface area (Å²) in [4.78, 5) is 48.9. The highest BCUT2D eigenvalue weighted by Gasteiger charge is 2.49. The van der Waals surface area contributed by atoms with Crippen molar-refractivity contribution in [3.63, 3.8) is 0 Å². The topological polar surface area (TPSA) is 122 Å². The number of benzene rings is 2. The monoisotopic (exact) mass is 460 g/mol. The second-order valence-electron chi connectivity index (χ2n) is 6.76. The lowest BCUT2D eigenvalue weighted by Gasteiger charge is -2.22. The minimum atomic E-state index is -1.30. The number of urea groups is 1. The molecule has 1 heterocycles. The lowest BCUT2D eigenvalue weighted by atomic mass is 9.92. The molecule has 9 nitrogen and oxygen atoms in total. The van der Waals surface area contributed by atoms with Gasteiger partial charge in [-0.05, 0) is 37.6 Å². The Morgan fingerprint density at radius 2 is 2.00 bits per heavy atom. The number of halogens is 1. The number of rotatable bonds is 5. The van der Waals surface area contributed by atoms with Gasteiger partial charge < -0.3 is 10.6 Å². The zero-order valence-electron chi connectivity index (χ0n) is 15.6. The maximum absolute atomic E-state index is 12.9. The molecule has 1 unspecified atom stereocenters. The van der Waals surface area contributed by atoms with Crippen LogP contribution in [0.1, 0.15) is 18.1 Å². The fourth-order valence-electron chi connectivity index (χ4n) is 3.06. The standard InChI is InChI=1S/C19H17BrN4O5/c1-11-6-7-14(9-15(11)24(28)29)21-16(25)10-23-17(26)19(2,22-18(23)27)12-4-3-5-13(20)8-12/h3-9H,10H2,1-2H3,(H,21,25)(H,22,27). The van der Waals surface area contributed by atoms with E-state index in [2.05, 4.69) is 26.6 Å². The van der Waals surface area contributed by atoms with Crippen LogP contribution in [0.4, 0.5) is 16.2 Å². The highest BCUT2D eigenvalue weighted by Crippen LogP contribution is 2.30. The van der Waals surface area contributed by atoms with Crippen LogP contribution in [-0.4, -0.2) is 34.2 Å². The Bertz CT molecular complexity index is 1040. The van der Waals surface area contributed by atoms with Crippen molar-refractivity contribution in [2.24, 2.45) is 0 Å². The van der Waals surface area contributed by atoms with Crippen LogP contribution in [0, 0.1) is 17.0 Å². The molecule has 0 bridgehead atoms. The first kappa shape index (κ1) is 20.5. The number of imide groups is 1. The second kappa shape index (κ2) is 7.63. The molecule has 1 aliphatic rings. The molecule has 2 aromatic carbocycles. The summed E-state index contributed by atoms with van der Waals surface area (Å²) in [5.74, 6) is -1.21. The second-order valence-corrected chi connectivity index (χ2v) is 7.68. The summed E-state index contributed by atoms with van der Waals surface area (Å²) >= 11 is 3.33. The van der Waals surface area contributed by atoms with E-state index in [1.807, 2.05) is 0 Å². The van der Waals surface area contributed by atoms with Crippen LogP contribution in [0.25, 0.3) is 0 Å². The van der Waals surface area contributed by atoms with Gasteiger partial charge in [0, 0.05) is 21.8 Å². The molecule has 0 spiro atoms. The number of anilines is 1. The lowest BCUT2D eigenvalue weighted by Crippen LogP contribution is -2.42. The molecule has 1 aliphatic heterocycles. The van der Waals surface area contributed by atoms with Crippen LogP contribution in [0.15, 0.2) is 46.9 Å². The predicted molar refractivity (Wildman–Crippen MR) is 108 cm³/mol. The van der Waals surface area contributed by atoms with E-state index < -0.39 is 34.9 Å². The maximum Gasteiger partial charge on any atom is 0.325 e. The Kier molecular flexibility index (Phi) is 5.38. The minimum Gasteiger partial charge on any atom is -0.324 e. The summed E-state index contributed by atoms with van der Waals surface area (Å²) in [6.45, 7) is 2.63. The van der Waals surface area contributed by atoms with E-state index in [4.69, 9.17) is 0 Å². The molecular formula is C19H17BrN4O5. The van der Waals surface area contributed by atoms with Crippen molar-refractivity contribution >= 4 is 45.2 Å². The molecule has 1 atom stereocenters. The molecular weight excluding hydrogens is 444 g/mol. The lowest BCUT2D eigenvalue weighted by molar-refractivity contribution is -0.385. The Morgan fingerprint density at radius 3 is 2.66 bits per heavy atom. The highest BCUT2D eigenvalue weighted by molar-refractivity contribution is 9.10. The number of hydrogen-bond acceptors (Lipinski definition) is 5. The predicted octanol–water partition coefficient (Wildman–Crippen LogP) is 3.07. The fourth-order valence-corrected chi connectivity index (χ4v) is 3.46. The molecule has 2 aromatic rings. The van der Waals surface area contributed by atoms with Gasteiger partial charge in [0.25, 0.3) is 11.6 Å². The average Bonchev–Trinajstić information content (AvgIpc) is 2.87. The summed E-state index contributed by atoms with van der Waals surface area (Å²) < 4.78 is 0.746. The third-order valence-electron chi connectivity index (χ3n) is 4.67. The van der Waals surface area contributed by atoms with Crippen molar-refractivity contribution in [2.45, 2.75) is 19.4 Å². The Morgan fingerprint density at radius 1 is 1.28 bits per heavy atom. The maximum atomic E-state index is 12.9. The Labute approximate surface area is 174 Å². The molecule has 4 amide bonds. The van der Waals surface area contributed by atoms with Gasteiger partial charge >= 0.3 is 6.03 Å². The van der Waals surface area contributed by atoms with Gasteiger partial charge in [0.05, 0.1) is 4.92 Å². The highest BCUT2D eigenvalue weighted by atomic mass is 79.9. The van der Waals surface area contributed by atoms with Gasteiger partial charge in [-0.3, -0.25) is 24.6 Å². The molecule has 29 heavy (non-hydrogen) atoms. The van der Waals surface area contributed by atoms with Gasteiger partial charge in [-0.15, -0.1) is 0 Å². The summed E-state index contributed by atoms with van der Waals surface area (Å²) in [6.07, 6.45) is 0. The molecule has 0 aromatic heterocycles. The summed E-state index contributed by atoms with van der Waals surface area (Å²) in [7, 11) is 0. The molecule has 0 aliphatic carbocycles. The number of carbonyl (C=O) groups is 3. The van der Waals surface area contributed by atoms with Crippen molar-refractivity contribution in [2.75, 3.05) is 11.9 Å². The zero-order chi connectivity index (χ0) is 21.3. The van der Waals surface area contributed by atoms with Gasteiger partial charge in [-0.1, -0.05) is 34.1 Å². The van der Waals surface area contributed by atoms with Crippen molar-refractivity contribution < 1.29 is 19.3 Å². The van der Waals surface area contributed by atoms with E-state index in [1.165, 1.54) is 18.2 Å². The van der Waals surface area contributed by atoms with E-state index in [0.717, 1.165) is 9.37 Å². The number of hydrogen-bond donors (Lipinski definition) is 2. The van der Waals surface area contributed by atoms with Crippen LogP contribution in [0.3, 0.4) is 0 Å². The number of nitrogens with one attached hydrogen (secondary N) is 2. The van der Waals surface area contributed by atoms with Crippen LogP contribution in [0.2, 0.25) is 0 Å². The number of amides is 4. The third-order valence-corrected chi connectivity index (χ3v) is 5.16. The normalized spacial score (nSPS) is 18.5. The average molecular weight is 461 g/mol. The van der Waals surface area contributed by atoms with Crippen molar-refractivity contribution in [1.82, 2.24) is 10.2 Å². The number of aryl methyl sites for hydroxylation is 1.